The van der Waals surface area contributed by atoms with Gasteiger partial charge in [-0.3, -0.25) is 0 Å². The van der Waals surface area contributed by atoms with Crippen molar-refractivity contribution in [2.75, 3.05) is 5.32 Å². The number of anilines is 1. The number of carbonyl (C=O) groups excluding carboxylic acids is 1. The van der Waals surface area contributed by atoms with Crippen LogP contribution in [0.15, 0.2) is 23.7 Å². The lowest BCUT2D eigenvalue weighted by atomic mass is 10.2. The molecule has 3 aromatic rings. The highest BCUT2D eigenvalue weighted by Gasteiger charge is 2.13. The van der Waals surface area contributed by atoms with E-state index in [0.717, 1.165) is 16.0 Å². The molecule has 0 saturated heterocycles. The molecule has 0 aliphatic heterocycles. The van der Waals surface area contributed by atoms with E-state index in [4.69, 9.17) is 5.73 Å². The normalized spacial score (nSPS) is 10.8. The molecule has 3 rings (SSSR count). The number of aryl methyl sites for hydroxylation is 1. The molecule has 2 heterocycles. The lowest BCUT2D eigenvalue weighted by Gasteiger charge is -2.01. The summed E-state index contributed by atoms with van der Waals surface area (Å²) in [7, 11) is 0. The minimum atomic E-state index is -0.618. The van der Waals surface area contributed by atoms with E-state index >= 15 is 0 Å². The number of benzene rings is 1. The molecule has 0 atom stereocenters. The Hall–Kier alpha value is -2.41. The molecule has 2 aromatic heterocycles. The molecule has 101 valence electrons. The van der Waals surface area contributed by atoms with Crippen molar-refractivity contribution in [1.82, 2.24) is 14.8 Å². The summed E-state index contributed by atoms with van der Waals surface area (Å²) in [6.45, 7) is 2.57. The summed E-state index contributed by atoms with van der Waals surface area (Å²) in [6.07, 6.45) is 0. The van der Waals surface area contributed by atoms with Crippen molar-refractivity contribution in [2.45, 2.75) is 13.5 Å². The highest BCUT2D eigenvalue weighted by atomic mass is 32.1. The number of nitrogens with two attached hydrogens (primary N) is 1. The van der Waals surface area contributed by atoms with E-state index in [2.05, 4.69) is 21.5 Å². The van der Waals surface area contributed by atoms with Crippen molar-refractivity contribution < 1.29 is 4.79 Å². The molecule has 0 saturated carbocycles. The Morgan fingerprint density at radius 3 is 3.15 bits per heavy atom. The van der Waals surface area contributed by atoms with Crippen molar-refractivity contribution in [3.63, 3.8) is 0 Å². The number of amides is 1. The molecule has 0 unspecified atom stereocenters. The number of nitrogens with zero attached hydrogens (tertiary/aromatic N) is 3. The van der Waals surface area contributed by atoms with E-state index in [-0.39, 0.29) is 0 Å². The van der Waals surface area contributed by atoms with E-state index < -0.39 is 6.03 Å². The fraction of sp³-hybridized carbons (Fsp3) is 0.154. The molecular formula is C13H12N5OS. The molecule has 0 aliphatic carbocycles. The van der Waals surface area contributed by atoms with Crippen LogP contribution >= 0.6 is 11.3 Å². The molecule has 7 heteroatoms. The lowest BCUT2D eigenvalue weighted by molar-refractivity contribution is 0.248. The van der Waals surface area contributed by atoms with Gasteiger partial charge in [0.25, 0.3) is 0 Å². The first-order valence-corrected chi connectivity index (χ1v) is 6.86. The second-order valence-electron chi connectivity index (χ2n) is 4.25. The minimum absolute atomic E-state index is 0.554. The molecule has 0 fully saturated rings. The molecule has 0 bridgehead atoms. The van der Waals surface area contributed by atoms with Crippen molar-refractivity contribution in [1.29, 1.82) is 0 Å². The van der Waals surface area contributed by atoms with Gasteiger partial charge in [0.2, 0.25) is 0 Å². The van der Waals surface area contributed by atoms with E-state index in [9.17, 15) is 4.79 Å². The summed E-state index contributed by atoms with van der Waals surface area (Å²) in [4.78, 5) is 16.8. The zero-order valence-electron chi connectivity index (χ0n) is 10.8. The molecule has 20 heavy (non-hydrogen) atoms. The quantitative estimate of drug-likeness (QED) is 0.772. The number of hydrogen-bond donors (Lipinski definition) is 2. The zero-order chi connectivity index (χ0) is 14.1. The average Bonchev–Trinajstić information content (AvgIpc) is 3.00. The van der Waals surface area contributed by atoms with Crippen LogP contribution in [0.3, 0.4) is 0 Å². The number of rotatable bonds is 3. The number of hydrogen-bond acceptors (Lipinski definition) is 5. The standard InChI is InChI=1S/C13H12N5OS/c1-8-10(16-7-20-8)6-15-12-9-4-2-3-5-11(9)18(17-12)13(14)19/h2,4-5,7H,6H2,1H3,(H2,14,19)(H,15,17). The number of fused-ring (bicyclic) bond motifs is 1. The van der Waals surface area contributed by atoms with Crippen LogP contribution in [0.2, 0.25) is 0 Å². The van der Waals surface area contributed by atoms with E-state index in [0.29, 0.717) is 17.9 Å². The van der Waals surface area contributed by atoms with Gasteiger partial charge in [0.15, 0.2) is 5.82 Å². The number of nitrogens with one attached hydrogen (secondary N) is 1. The first kappa shape index (κ1) is 12.6. The monoisotopic (exact) mass is 286 g/mol. The Morgan fingerprint density at radius 1 is 1.60 bits per heavy atom. The minimum Gasteiger partial charge on any atom is -0.362 e. The highest BCUT2D eigenvalue weighted by molar-refractivity contribution is 7.09. The number of primary amides is 1. The third-order valence-electron chi connectivity index (χ3n) is 3.00. The number of carbonyl (C=O) groups is 1. The molecular weight excluding hydrogens is 274 g/mol. The van der Waals surface area contributed by atoms with Crippen LogP contribution in [0.25, 0.3) is 10.9 Å². The molecule has 0 aliphatic rings. The predicted octanol–water partition coefficient (Wildman–Crippen LogP) is 2.14. The first-order valence-electron chi connectivity index (χ1n) is 5.98. The second kappa shape index (κ2) is 4.93. The Morgan fingerprint density at radius 2 is 2.45 bits per heavy atom. The summed E-state index contributed by atoms with van der Waals surface area (Å²) >= 11 is 1.60. The Bertz CT molecular complexity index is 776. The van der Waals surface area contributed by atoms with Gasteiger partial charge in [-0.25, -0.2) is 9.78 Å². The predicted molar refractivity (Wildman–Crippen MR) is 77.7 cm³/mol. The van der Waals surface area contributed by atoms with Gasteiger partial charge in [0, 0.05) is 10.3 Å². The van der Waals surface area contributed by atoms with Crippen LogP contribution in [-0.2, 0) is 6.54 Å². The Balaban J connectivity index is 1.95. The van der Waals surface area contributed by atoms with E-state index in [1.807, 2.05) is 13.0 Å². The molecule has 3 N–H and O–H groups in total. The van der Waals surface area contributed by atoms with Crippen molar-refractivity contribution in [2.24, 2.45) is 5.73 Å². The van der Waals surface area contributed by atoms with Crippen LogP contribution in [0.1, 0.15) is 10.6 Å². The van der Waals surface area contributed by atoms with Crippen molar-refractivity contribution in [3.8, 4) is 0 Å². The maximum absolute atomic E-state index is 11.4. The van der Waals surface area contributed by atoms with Gasteiger partial charge >= 0.3 is 6.03 Å². The second-order valence-corrected chi connectivity index (χ2v) is 5.31. The van der Waals surface area contributed by atoms with Gasteiger partial charge in [0.1, 0.15) is 0 Å². The van der Waals surface area contributed by atoms with Crippen molar-refractivity contribution >= 4 is 34.1 Å². The van der Waals surface area contributed by atoms with Gasteiger partial charge < -0.3 is 11.1 Å². The molecule has 1 aromatic carbocycles. The van der Waals surface area contributed by atoms with E-state index in [1.54, 1.807) is 29.0 Å². The summed E-state index contributed by atoms with van der Waals surface area (Å²) in [5.74, 6) is 0.611. The van der Waals surface area contributed by atoms with Crippen molar-refractivity contribution in [3.05, 3.63) is 40.3 Å². The summed E-state index contributed by atoms with van der Waals surface area (Å²) < 4.78 is 1.17. The zero-order valence-corrected chi connectivity index (χ0v) is 11.6. The molecule has 6 nitrogen and oxygen atoms in total. The highest BCUT2D eigenvalue weighted by Crippen LogP contribution is 2.23. The van der Waals surface area contributed by atoms with E-state index in [1.165, 1.54) is 4.68 Å². The Kier molecular flexibility index (Phi) is 3.11. The summed E-state index contributed by atoms with van der Waals surface area (Å²) in [5.41, 5.74) is 8.73. The maximum Gasteiger partial charge on any atom is 0.340 e. The van der Waals surface area contributed by atoms with Gasteiger partial charge in [-0.15, -0.1) is 16.4 Å². The van der Waals surface area contributed by atoms with Crippen LogP contribution < -0.4 is 11.1 Å². The van der Waals surface area contributed by atoms with Crippen LogP contribution in [0.5, 0.6) is 0 Å². The number of aromatic nitrogens is 3. The van der Waals surface area contributed by atoms with Gasteiger partial charge in [-0.05, 0) is 25.1 Å². The van der Waals surface area contributed by atoms with Crippen LogP contribution in [0.4, 0.5) is 10.6 Å². The summed E-state index contributed by atoms with van der Waals surface area (Å²) in [6, 6.07) is 7.60. The largest absolute Gasteiger partial charge is 0.362 e. The van der Waals surface area contributed by atoms with Gasteiger partial charge in [-0.1, -0.05) is 6.07 Å². The molecule has 1 radical (unpaired) electrons. The van der Waals surface area contributed by atoms with Crippen LogP contribution in [0, 0.1) is 13.0 Å². The average molecular weight is 286 g/mol. The SMILES string of the molecule is Cc1scnc1CNc1nn(C(N)=O)c2c[c]ccc12. The molecule has 1 amide bonds. The maximum atomic E-state index is 11.4. The fourth-order valence-corrected chi connectivity index (χ4v) is 2.57. The smallest absolute Gasteiger partial charge is 0.340 e. The van der Waals surface area contributed by atoms with Crippen LogP contribution in [-0.4, -0.2) is 20.8 Å². The fourth-order valence-electron chi connectivity index (χ4n) is 1.97. The third kappa shape index (κ3) is 2.12. The lowest BCUT2D eigenvalue weighted by Crippen LogP contribution is -2.20. The molecule has 0 spiro atoms. The number of thiazole rings is 1. The third-order valence-corrected chi connectivity index (χ3v) is 3.80. The topological polar surface area (TPSA) is 85.8 Å². The first-order chi connectivity index (χ1) is 9.66. The van der Waals surface area contributed by atoms with Gasteiger partial charge in [-0.2, -0.15) is 4.68 Å². The van der Waals surface area contributed by atoms with Gasteiger partial charge in [0.05, 0.1) is 23.3 Å². The Labute approximate surface area is 119 Å². The summed E-state index contributed by atoms with van der Waals surface area (Å²) in [5, 5.41) is 8.23.